The van der Waals surface area contributed by atoms with E-state index >= 15 is 0 Å². The summed E-state index contributed by atoms with van der Waals surface area (Å²) in [5, 5.41) is 3.39. The average molecular weight is 361 g/mol. The Bertz CT molecular complexity index is 475. The van der Waals surface area contributed by atoms with Gasteiger partial charge in [-0.05, 0) is 51.0 Å². The molecule has 3 nitrogen and oxygen atoms in total. The molecule has 1 N–H and O–H groups in total. The van der Waals surface area contributed by atoms with Gasteiger partial charge in [-0.2, -0.15) is 0 Å². The lowest BCUT2D eigenvalue weighted by Crippen LogP contribution is -2.32. The Balaban J connectivity index is 2.34. The van der Waals surface area contributed by atoms with E-state index in [1.807, 2.05) is 51.1 Å². The van der Waals surface area contributed by atoms with Gasteiger partial charge in [0.2, 0.25) is 0 Å². The van der Waals surface area contributed by atoms with Crippen LogP contribution in [0.15, 0.2) is 28.7 Å². The highest BCUT2D eigenvalue weighted by Crippen LogP contribution is 2.20. The summed E-state index contributed by atoms with van der Waals surface area (Å²) in [4.78, 5) is 11.4. The van der Waals surface area contributed by atoms with Crippen molar-refractivity contribution in [2.24, 2.45) is 0 Å². The van der Waals surface area contributed by atoms with Gasteiger partial charge >= 0.3 is 6.09 Å². The number of carbonyl (C=O) groups is 1. The number of ether oxygens (including phenoxy) is 1. The summed E-state index contributed by atoms with van der Waals surface area (Å²) in [5.74, 6) is 0. The van der Waals surface area contributed by atoms with E-state index in [1.165, 1.54) is 0 Å². The summed E-state index contributed by atoms with van der Waals surface area (Å²) in [6.07, 6.45) is 4.28. The highest BCUT2D eigenvalue weighted by Gasteiger charge is 2.15. The molecule has 1 amide bonds. The van der Waals surface area contributed by atoms with Crippen molar-refractivity contribution < 1.29 is 9.53 Å². The first-order chi connectivity index (χ1) is 9.26. The molecule has 0 saturated heterocycles. The van der Waals surface area contributed by atoms with Crippen molar-refractivity contribution in [1.29, 1.82) is 0 Å². The minimum absolute atomic E-state index is 0.392. The van der Waals surface area contributed by atoms with E-state index in [1.54, 1.807) is 0 Å². The molecule has 0 aliphatic heterocycles. The lowest BCUT2D eigenvalue weighted by molar-refractivity contribution is 0.0529. The first-order valence-electron chi connectivity index (χ1n) is 6.36. The predicted molar refractivity (Wildman–Crippen MR) is 87.0 cm³/mol. The van der Waals surface area contributed by atoms with Crippen LogP contribution in [-0.2, 0) is 4.74 Å². The molecule has 0 unspecified atom stereocenters. The minimum atomic E-state index is -0.465. The molecule has 0 spiro atoms. The first-order valence-corrected chi connectivity index (χ1v) is 7.53. The molecular weight excluding hydrogens is 342 g/mol. The number of carbonyl (C=O) groups excluding carboxylic acids is 1. The average Bonchev–Trinajstić information content (AvgIpc) is 2.24. The molecule has 0 fully saturated rings. The molecule has 110 valence electrons. The van der Waals surface area contributed by atoms with Gasteiger partial charge in [-0.25, -0.2) is 4.79 Å². The van der Waals surface area contributed by atoms with Gasteiger partial charge < -0.3 is 10.1 Å². The van der Waals surface area contributed by atoms with E-state index in [9.17, 15) is 4.79 Å². The maximum Gasteiger partial charge on any atom is 0.407 e. The Hall–Kier alpha value is -1.000. The van der Waals surface area contributed by atoms with E-state index < -0.39 is 11.7 Å². The zero-order valence-electron chi connectivity index (χ0n) is 11.9. The zero-order chi connectivity index (χ0) is 15.2. The Morgan fingerprint density at radius 1 is 1.40 bits per heavy atom. The van der Waals surface area contributed by atoms with Gasteiger partial charge in [0, 0.05) is 16.0 Å². The third-order valence-electron chi connectivity index (χ3n) is 2.17. The SMILES string of the molecule is CC(C)(C)OC(=O)NCCC=Cc1cc(Cl)cc(Br)c1. The molecule has 0 saturated carbocycles. The fraction of sp³-hybridized carbons (Fsp3) is 0.400. The number of rotatable bonds is 4. The van der Waals surface area contributed by atoms with Crippen molar-refractivity contribution >= 4 is 39.7 Å². The van der Waals surface area contributed by atoms with Gasteiger partial charge in [-0.15, -0.1) is 0 Å². The quantitative estimate of drug-likeness (QED) is 0.765. The lowest BCUT2D eigenvalue weighted by Gasteiger charge is -2.19. The molecular formula is C15H19BrClNO2. The summed E-state index contributed by atoms with van der Waals surface area (Å²) in [6.45, 7) is 6.05. The molecule has 1 aromatic carbocycles. The second kappa shape index (κ2) is 7.70. The number of halogens is 2. The largest absolute Gasteiger partial charge is 0.444 e. The Morgan fingerprint density at radius 3 is 2.70 bits per heavy atom. The van der Waals surface area contributed by atoms with E-state index in [0.717, 1.165) is 16.5 Å². The van der Waals surface area contributed by atoms with E-state index in [4.69, 9.17) is 16.3 Å². The molecule has 1 rings (SSSR count). The molecule has 5 heteroatoms. The third-order valence-corrected chi connectivity index (χ3v) is 2.85. The first kappa shape index (κ1) is 17.1. The highest BCUT2D eigenvalue weighted by atomic mass is 79.9. The highest BCUT2D eigenvalue weighted by molar-refractivity contribution is 9.10. The van der Waals surface area contributed by atoms with Crippen LogP contribution < -0.4 is 5.32 Å². The van der Waals surface area contributed by atoms with Crippen molar-refractivity contribution in [1.82, 2.24) is 5.32 Å². The smallest absolute Gasteiger partial charge is 0.407 e. The molecule has 0 heterocycles. The van der Waals surface area contributed by atoms with Crippen molar-refractivity contribution in [3.63, 3.8) is 0 Å². The molecule has 0 aromatic heterocycles. The van der Waals surface area contributed by atoms with Crippen LogP contribution in [0, 0.1) is 0 Å². The van der Waals surface area contributed by atoms with Crippen LogP contribution in [0.4, 0.5) is 4.79 Å². The summed E-state index contributed by atoms with van der Waals surface area (Å²) in [7, 11) is 0. The third kappa shape index (κ3) is 7.56. The maximum atomic E-state index is 11.4. The fourth-order valence-corrected chi connectivity index (χ4v) is 2.35. The van der Waals surface area contributed by atoms with E-state index in [0.29, 0.717) is 11.6 Å². The zero-order valence-corrected chi connectivity index (χ0v) is 14.2. The predicted octanol–water partition coefficient (Wildman–Crippen LogP) is 5.03. The molecule has 20 heavy (non-hydrogen) atoms. The number of nitrogens with one attached hydrogen (secondary N) is 1. The van der Waals surface area contributed by atoms with Crippen LogP contribution in [0.1, 0.15) is 32.8 Å². The Morgan fingerprint density at radius 2 is 2.10 bits per heavy atom. The number of alkyl carbamates (subject to hydrolysis) is 1. The minimum Gasteiger partial charge on any atom is -0.444 e. The molecule has 0 aliphatic rings. The normalized spacial score (nSPS) is 11.7. The monoisotopic (exact) mass is 359 g/mol. The number of hydrogen-bond acceptors (Lipinski definition) is 2. The fourth-order valence-electron chi connectivity index (χ4n) is 1.46. The van der Waals surface area contributed by atoms with E-state index in [2.05, 4.69) is 21.2 Å². The van der Waals surface area contributed by atoms with Crippen LogP contribution in [0.5, 0.6) is 0 Å². The van der Waals surface area contributed by atoms with Gasteiger partial charge in [0.15, 0.2) is 0 Å². The van der Waals surface area contributed by atoms with Gasteiger partial charge in [0.25, 0.3) is 0 Å². The van der Waals surface area contributed by atoms with Crippen molar-refractivity contribution in [3.05, 3.63) is 39.3 Å². The van der Waals surface area contributed by atoms with Gasteiger partial charge in [0.1, 0.15) is 5.60 Å². The standard InChI is InChI=1S/C15H19BrClNO2/c1-15(2,3)20-14(19)18-7-5-4-6-11-8-12(16)10-13(17)9-11/h4,6,8-10H,5,7H2,1-3H3,(H,18,19). The molecule has 0 radical (unpaired) electrons. The summed E-state index contributed by atoms with van der Waals surface area (Å²) in [6, 6.07) is 5.69. The number of hydrogen-bond donors (Lipinski definition) is 1. The molecule has 0 atom stereocenters. The maximum absolute atomic E-state index is 11.4. The van der Waals surface area contributed by atoms with Crippen LogP contribution in [0.3, 0.4) is 0 Å². The molecule has 1 aromatic rings. The lowest BCUT2D eigenvalue weighted by atomic mass is 10.2. The second-order valence-corrected chi connectivity index (χ2v) is 6.67. The number of amides is 1. The summed E-state index contributed by atoms with van der Waals surface area (Å²) >= 11 is 9.35. The topological polar surface area (TPSA) is 38.3 Å². The molecule has 0 aliphatic carbocycles. The Labute approximate surface area is 133 Å². The van der Waals surface area contributed by atoms with Crippen molar-refractivity contribution in [2.45, 2.75) is 32.8 Å². The number of benzene rings is 1. The molecule has 0 bridgehead atoms. The van der Waals surface area contributed by atoms with Crippen LogP contribution >= 0.6 is 27.5 Å². The van der Waals surface area contributed by atoms with Gasteiger partial charge in [-0.3, -0.25) is 0 Å². The van der Waals surface area contributed by atoms with Crippen molar-refractivity contribution in [2.75, 3.05) is 6.54 Å². The van der Waals surface area contributed by atoms with Crippen LogP contribution in [0.2, 0.25) is 5.02 Å². The second-order valence-electron chi connectivity index (χ2n) is 5.32. The summed E-state index contributed by atoms with van der Waals surface area (Å²) < 4.78 is 6.08. The van der Waals surface area contributed by atoms with Crippen LogP contribution in [-0.4, -0.2) is 18.2 Å². The van der Waals surface area contributed by atoms with Crippen LogP contribution in [0.25, 0.3) is 6.08 Å². The summed E-state index contributed by atoms with van der Waals surface area (Å²) in [5.41, 5.74) is 0.550. The van der Waals surface area contributed by atoms with Crippen molar-refractivity contribution in [3.8, 4) is 0 Å². The van der Waals surface area contributed by atoms with Gasteiger partial charge in [-0.1, -0.05) is 39.7 Å². The van der Waals surface area contributed by atoms with Gasteiger partial charge in [0.05, 0.1) is 0 Å². The Kier molecular flexibility index (Phi) is 6.56. The van der Waals surface area contributed by atoms with E-state index in [-0.39, 0.29) is 0 Å².